The summed E-state index contributed by atoms with van der Waals surface area (Å²) in [4.78, 5) is 19.0. The van der Waals surface area contributed by atoms with Gasteiger partial charge >= 0.3 is 0 Å². The third-order valence-corrected chi connectivity index (χ3v) is 3.97. The smallest absolute Gasteiger partial charge is 0.265 e. The number of thiazole rings is 1. The molecule has 2 rings (SSSR count). The van der Waals surface area contributed by atoms with Crippen LogP contribution in [0.3, 0.4) is 0 Å². The highest BCUT2D eigenvalue weighted by molar-refractivity contribution is 7.13. The lowest BCUT2D eigenvalue weighted by atomic mass is 10.1. The predicted molar refractivity (Wildman–Crippen MR) is 78.2 cm³/mol. The average molecular weight is 275 g/mol. The van der Waals surface area contributed by atoms with E-state index < -0.39 is 0 Å². The van der Waals surface area contributed by atoms with Crippen LogP contribution in [0.2, 0.25) is 0 Å². The largest absolute Gasteiger partial charge is 0.398 e. The van der Waals surface area contributed by atoms with Crippen molar-refractivity contribution in [2.24, 2.45) is 0 Å². The number of amides is 1. The zero-order valence-corrected chi connectivity index (χ0v) is 12.1. The Morgan fingerprint density at radius 1 is 1.37 bits per heavy atom. The summed E-state index contributed by atoms with van der Waals surface area (Å²) >= 11 is 1.43. The van der Waals surface area contributed by atoms with Crippen molar-refractivity contribution in [2.75, 3.05) is 12.8 Å². The molecular weight excluding hydrogens is 258 g/mol. The van der Waals surface area contributed by atoms with Crippen LogP contribution in [0.15, 0.2) is 24.3 Å². The van der Waals surface area contributed by atoms with Gasteiger partial charge in [0.2, 0.25) is 0 Å². The van der Waals surface area contributed by atoms with Gasteiger partial charge in [-0.3, -0.25) is 4.79 Å². The summed E-state index contributed by atoms with van der Waals surface area (Å²) in [5.74, 6) is -0.00801. The first kappa shape index (κ1) is 13.5. The number of nitrogens with two attached hydrogens (primary N) is 1. The highest BCUT2D eigenvalue weighted by atomic mass is 32.1. The van der Waals surface area contributed by atoms with Crippen molar-refractivity contribution in [1.29, 1.82) is 0 Å². The molecule has 100 valence electrons. The summed E-state index contributed by atoms with van der Waals surface area (Å²) in [5.41, 5.74) is 8.35. The Morgan fingerprint density at radius 3 is 2.63 bits per heavy atom. The third-order valence-electron chi connectivity index (χ3n) is 2.91. The molecule has 0 radical (unpaired) electrons. The van der Waals surface area contributed by atoms with Crippen LogP contribution in [0.1, 0.15) is 25.9 Å². The quantitative estimate of drug-likeness (QED) is 0.876. The topological polar surface area (TPSA) is 59.2 Å². The molecule has 2 N–H and O–H groups in total. The van der Waals surface area contributed by atoms with Crippen molar-refractivity contribution < 1.29 is 4.79 Å². The summed E-state index contributed by atoms with van der Waals surface area (Å²) in [5, 5.41) is 0.911. The Balaban J connectivity index is 2.16. The van der Waals surface area contributed by atoms with Gasteiger partial charge in [0, 0.05) is 19.3 Å². The molecule has 5 heteroatoms. The molecular formula is C14H17N3OS. The van der Waals surface area contributed by atoms with Crippen molar-refractivity contribution in [3.05, 3.63) is 45.4 Å². The van der Waals surface area contributed by atoms with E-state index in [1.807, 2.05) is 38.1 Å². The van der Waals surface area contributed by atoms with Gasteiger partial charge in [0.1, 0.15) is 4.88 Å². The standard InChI is InChI=1S/C14H17N3OS/c1-9-13(19-10(2)16-9)14(18)17(3)8-11-6-4-5-7-12(11)15/h4-7H,8,15H2,1-3H3. The van der Waals surface area contributed by atoms with Crippen molar-refractivity contribution >= 4 is 22.9 Å². The first-order chi connectivity index (χ1) is 8.99. The number of carbonyl (C=O) groups is 1. The minimum Gasteiger partial charge on any atom is -0.398 e. The Hall–Kier alpha value is -1.88. The van der Waals surface area contributed by atoms with E-state index in [0.717, 1.165) is 16.3 Å². The zero-order chi connectivity index (χ0) is 14.0. The number of carbonyl (C=O) groups excluding carboxylic acids is 1. The van der Waals surface area contributed by atoms with Gasteiger partial charge in [-0.15, -0.1) is 11.3 Å². The second-order valence-electron chi connectivity index (χ2n) is 4.51. The number of nitrogens with zero attached hydrogens (tertiary/aromatic N) is 2. The molecule has 0 spiro atoms. The van der Waals surface area contributed by atoms with Crippen molar-refractivity contribution in [1.82, 2.24) is 9.88 Å². The van der Waals surface area contributed by atoms with Gasteiger partial charge < -0.3 is 10.6 Å². The fourth-order valence-corrected chi connectivity index (χ4v) is 2.82. The highest BCUT2D eigenvalue weighted by Crippen LogP contribution is 2.20. The maximum atomic E-state index is 12.4. The average Bonchev–Trinajstić information content (AvgIpc) is 2.70. The molecule has 0 unspecified atom stereocenters. The van der Waals surface area contributed by atoms with Crippen LogP contribution in [0.4, 0.5) is 5.69 Å². The number of rotatable bonds is 3. The molecule has 0 fully saturated rings. The van der Waals surface area contributed by atoms with Crippen LogP contribution in [0, 0.1) is 13.8 Å². The van der Waals surface area contributed by atoms with Crippen molar-refractivity contribution in [3.63, 3.8) is 0 Å². The second kappa shape index (κ2) is 5.40. The number of hydrogen-bond donors (Lipinski definition) is 1. The lowest BCUT2D eigenvalue weighted by Gasteiger charge is -2.17. The Morgan fingerprint density at radius 2 is 2.05 bits per heavy atom. The number of benzene rings is 1. The molecule has 1 amide bonds. The van der Waals surface area contributed by atoms with Crippen LogP contribution < -0.4 is 5.73 Å². The lowest BCUT2D eigenvalue weighted by Crippen LogP contribution is -2.26. The molecule has 0 atom stereocenters. The van der Waals surface area contributed by atoms with E-state index in [9.17, 15) is 4.79 Å². The van der Waals surface area contributed by atoms with E-state index in [4.69, 9.17) is 5.73 Å². The number of anilines is 1. The first-order valence-corrected chi connectivity index (χ1v) is 6.83. The van der Waals surface area contributed by atoms with Crippen LogP contribution in [-0.4, -0.2) is 22.8 Å². The normalized spacial score (nSPS) is 10.5. The number of para-hydroxylation sites is 1. The first-order valence-electron chi connectivity index (χ1n) is 6.02. The predicted octanol–water partition coefficient (Wildman–Crippen LogP) is 2.61. The number of hydrogen-bond acceptors (Lipinski definition) is 4. The summed E-state index contributed by atoms with van der Waals surface area (Å²) in [6.45, 7) is 4.27. The Bertz CT molecular complexity index is 606. The van der Waals surface area contributed by atoms with E-state index in [2.05, 4.69) is 4.98 Å². The molecule has 0 aliphatic rings. The van der Waals surface area contributed by atoms with Crippen LogP contribution in [0.25, 0.3) is 0 Å². The molecule has 2 aromatic rings. The van der Waals surface area contributed by atoms with Gasteiger partial charge in [-0.2, -0.15) is 0 Å². The van der Waals surface area contributed by atoms with Crippen LogP contribution in [0.5, 0.6) is 0 Å². The lowest BCUT2D eigenvalue weighted by molar-refractivity contribution is 0.0789. The van der Waals surface area contributed by atoms with Gasteiger partial charge in [0.25, 0.3) is 5.91 Å². The minimum atomic E-state index is -0.00801. The van der Waals surface area contributed by atoms with Gasteiger partial charge in [0.15, 0.2) is 0 Å². The summed E-state index contributed by atoms with van der Waals surface area (Å²) in [6.07, 6.45) is 0. The zero-order valence-electron chi connectivity index (χ0n) is 11.3. The molecule has 0 bridgehead atoms. The van der Waals surface area contributed by atoms with Crippen molar-refractivity contribution in [3.8, 4) is 0 Å². The molecule has 1 aromatic carbocycles. The Labute approximate surface area is 116 Å². The summed E-state index contributed by atoms with van der Waals surface area (Å²) in [6, 6.07) is 7.59. The maximum Gasteiger partial charge on any atom is 0.265 e. The second-order valence-corrected chi connectivity index (χ2v) is 5.71. The number of nitrogen functional groups attached to an aromatic ring is 1. The van der Waals surface area contributed by atoms with Crippen LogP contribution in [-0.2, 0) is 6.54 Å². The number of aromatic nitrogens is 1. The van der Waals surface area contributed by atoms with Crippen molar-refractivity contribution in [2.45, 2.75) is 20.4 Å². The molecule has 0 aliphatic heterocycles. The van der Waals surface area contributed by atoms with E-state index >= 15 is 0 Å². The molecule has 0 saturated carbocycles. The molecule has 1 aromatic heterocycles. The fourth-order valence-electron chi connectivity index (χ4n) is 1.91. The third kappa shape index (κ3) is 2.93. The van der Waals surface area contributed by atoms with E-state index in [1.165, 1.54) is 11.3 Å². The summed E-state index contributed by atoms with van der Waals surface area (Å²) in [7, 11) is 1.78. The van der Waals surface area contributed by atoms with E-state index in [0.29, 0.717) is 17.1 Å². The molecule has 0 saturated heterocycles. The minimum absolute atomic E-state index is 0.00801. The highest BCUT2D eigenvalue weighted by Gasteiger charge is 2.18. The number of aryl methyl sites for hydroxylation is 2. The van der Waals surface area contributed by atoms with E-state index in [1.54, 1.807) is 11.9 Å². The van der Waals surface area contributed by atoms with Gasteiger partial charge in [-0.05, 0) is 25.5 Å². The van der Waals surface area contributed by atoms with E-state index in [-0.39, 0.29) is 5.91 Å². The molecule has 1 heterocycles. The maximum absolute atomic E-state index is 12.4. The molecule has 0 aliphatic carbocycles. The SMILES string of the molecule is Cc1nc(C)c(C(=O)N(C)Cc2ccccc2N)s1. The van der Waals surface area contributed by atoms with Gasteiger partial charge in [-0.25, -0.2) is 4.98 Å². The van der Waals surface area contributed by atoms with Crippen LogP contribution >= 0.6 is 11.3 Å². The molecule has 4 nitrogen and oxygen atoms in total. The Kier molecular flexibility index (Phi) is 3.85. The fraction of sp³-hybridized carbons (Fsp3) is 0.286. The monoisotopic (exact) mass is 275 g/mol. The van der Waals surface area contributed by atoms with Gasteiger partial charge in [0.05, 0.1) is 10.7 Å². The summed E-state index contributed by atoms with van der Waals surface area (Å²) < 4.78 is 0. The van der Waals surface area contributed by atoms with Gasteiger partial charge in [-0.1, -0.05) is 18.2 Å². The molecule has 19 heavy (non-hydrogen) atoms.